The smallest absolute Gasteiger partial charge is 0.153 e. The van der Waals surface area contributed by atoms with E-state index in [1.807, 2.05) is 12.2 Å². The fourth-order valence-electron chi connectivity index (χ4n) is 0.945. The maximum atomic E-state index is 10.4. The van der Waals surface area contributed by atoms with Crippen molar-refractivity contribution in [3.63, 3.8) is 0 Å². The minimum Gasteiger partial charge on any atom is -0.507 e. The number of phenolic OH excluding ortho intramolecular Hbond substituents is 1. The topological polar surface area (TPSA) is 37.3 Å². The van der Waals surface area contributed by atoms with E-state index in [-0.39, 0.29) is 5.75 Å². The van der Waals surface area contributed by atoms with Gasteiger partial charge in [-0.05, 0) is 17.7 Å². The van der Waals surface area contributed by atoms with Crippen LogP contribution in [0.3, 0.4) is 0 Å². The molecule has 2 nitrogen and oxygen atoms in total. The first-order valence-corrected chi connectivity index (χ1v) is 4.91. The lowest BCUT2D eigenvalue weighted by Crippen LogP contribution is -1.81. The Balaban J connectivity index is 2.95. The van der Waals surface area contributed by atoms with E-state index in [1.54, 1.807) is 18.2 Å². The molecule has 0 radical (unpaired) electrons. The molecule has 1 aromatic rings. The second-order valence-electron chi connectivity index (χ2n) is 2.49. The van der Waals surface area contributed by atoms with Crippen LogP contribution < -0.4 is 0 Å². The van der Waals surface area contributed by atoms with Crippen LogP contribution in [0, 0.1) is 0 Å². The molecule has 0 saturated carbocycles. The van der Waals surface area contributed by atoms with E-state index in [0.717, 1.165) is 10.9 Å². The van der Waals surface area contributed by atoms with Crippen molar-refractivity contribution in [3.05, 3.63) is 35.4 Å². The zero-order valence-corrected chi connectivity index (χ0v) is 8.49. The first-order chi connectivity index (χ1) is 6.27. The van der Waals surface area contributed by atoms with Gasteiger partial charge in [-0.1, -0.05) is 34.1 Å². The van der Waals surface area contributed by atoms with E-state index in [2.05, 4.69) is 15.9 Å². The Morgan fingerprint density at radius 2 is 2.23 bits per heavy atom. The monoisotopic (exact) mass is 240 g/mol. The second-order valence-corrected chi connectivity index (χ2v) is 3.14. The van der Waals surface area contributed by atoms with Crippen LogP contribution in [-0.2, 0) is 0 Å². The molecule has 0 aliphatic carbocycles. The number of aromatic hydroxyl groups is 1. The maximum Gasteiger partial charge on any atom is 0.153 e. The third kappa shape index (κ3) is 2.70. The number of carbonyl (C=O) groups is 1. The molecule has 3 heteroatoms. The lowest BCUT2D eigenvalue weighted by Gasteiger charge is -1.97. The lowest BCUT2D eigenvalue weighted by molar-refractivity contribution is 0.112. The van der Waals surface area contributed by atoms with Crippen LogP contribution >= 0.6 is 15.9 Å². The van der Waals surface area contributed by atoms with Crippen molar-refractivity contribution in [3.8, 4) is 5.75 Å². The van der Waals surface area contributed by atoms with E-state index in [9.17, 15) is 9.90 Å². The summed E-state index contributed by atoms with van der Waals surface area (Å²) in [5.74, 6) is 0.0201. The summed E-state index contributed by atoms with van der Waals surface area (Å²) >= 11 is 3.25. The molecule has 13 heavy (non-hydrogen) atoms. The van der Waals surface area contributed by atoms with Gasteiger partial charge in [0.25, 0.3) is 0 Å². The third-order valence-corrected chi connectivity index (χ3v) is 1.95. The van der Waals surface area contributed by atoms with E-state index < -0.39 is 0 Å². The van der Waals surface area contributed by atoms with Crippen molar-refractivity contribution in [2.75, 3.05) is 5.33 Å². The summed E-state index contributed by atoms with van der Waals surface area (Å²) in [6.45, 7) is 0. The number of benzene rings is 1. The molecule has 0 amide bonds. The van der Waals surface area contributed by atoms with Crippen molar-refractivity contribution < 1.29 is 9.90 Å². The molecule has 0 aliphatic heterocycles. The molecule has 1 N–H and O–H groups in total. The number of halogens is 1. The van der Waals surface area contributed by atoms with Crippen molar-refractivity contribution in [2.45, 2.75) is 0 Å². The Bertz CT molecular complexity index is 332. The van der Waals surface area contributed by atoms with Gasteiger partial charge >= 0.3 is 0 Å². The molecule has 0 heterocycles. The number of hydrogen-bond donors (Lipinski definition) is 1. The van der Waals surface area contributed by atoms with E-state index >= 15 is 0 Å². The highest BCUT2D eigenvalue weighted by Crippen LogP contribution is 2.17. The summed E-state index contributed by atoms with van der Waals surface area (Å²) in [6, 6.07) is 4.93. The third-order valence-electron chi connectivity index (χ3n) is 1.58. The van der Waals surface area contributed by atoms with Gasteiger partial charge in [0.05, 0.1) is 5.56 Å². The van der Waals surface area contributed by atoms with Crippen molar-refractivity contribution in [1.82, 2.24) is 0 Å². The standard InChI is InChI=1S/C10H9BrO2/c11-5-1-2-8-3-4-9(7-12)10(13)6-8/h1-4,6-7,13H,5H2. The second kappa shape index (κ2) is 4.82. The van der Waals surface area contributed by atoms with Crippen LogP contribution in [0.1, 0.15) is 15.9 Å². The van der Waals surface area contributed by atoms with Crippen LogP contribution in [-0.4, -0.2) is 16.7 Å². The first-order valence-electron chi connectivity index (χ1n) is 3.78. The van der Waals surface area contributed by atoms with Gasteiger partial charge in [0.2, 0.25) is 0 Å². The normalized spacial score (nSPS) is 10.5. The van der Waals surface area contributed by atoms with Crippen molar-refractivity contribution >= 4 is 28.3 Å². The largest absolute Gasteiger partial charge is 0.507 e. The van der Waals surface area contributed by atoms with Gasteiger partial charge in [-0.2, -0.15) is 0 Å². The fourth-order valence-corrected chi connectivity index (χ4v) is 1.13. The average molecular weight is 241 g/mol. The lowest BCUT2D eigenvalue weighted by atomic mass is 10.1. The van der Waals surface area contributed by atoms with Gasteiger partial charge < -0.3 is 5.11 Å². The number of phenols is 1. The quantitative estimate of drug-likeness (QED) is 0.652. The summed E-state index contributed by atoms with van der Waals surface area (Å²) in [6.07, 6.45) is 4.41. The maximum absolute atomic E-state index is 10.4. The molecule has 1 rings (SSSR count). The average Bonchev–Trinajstić information content (AvgIpc) is 2.15. The van der Waals surface area contributed by atoms with Crippen molar-refractivity contribution in [1.29, 1.82) is 0 Å². The zero-order chi connectivity index (χ0) is 9.68. The minimum atomic E-state index is 0.0201. The summed E-state index contributed by atoms with van der Waals surface area (Å²) in [5.41, 5.74) is 1.19. The van der Waals surface area contributed by atoms with Gasteiger partial charge in [0.1, 0.15) is 5.75 Å². The summed E-state index contributed by atoms with van der Waals surface area (Å²) in [4.78, 5) is 10.4. The summed E-state index contributed by atoms with van der Waals surface area (Å²) < 4.78 is 0. The molecule has 0 atom stereocenters. The Labute approximate surface area is 85.0 Å². The molecule has 0 spiro atoms. The van der Waals surface area contributed by atoms with Gasteiger partial charge in [0.15, 0.2) is 6.29 Å². The number of rotatable bonds is 3. The predicted molar refractivity (Wildman–Crippen MR) is 56.3 cm³/mol. The van der Waals surface area contributed by atoms with Crippen LogP contribution in [0.2, 0.25) is 0 Å². The highest BCUT2D eigenvalue weighted by atomic mass is 79.9. The number of aldehydes is 1. The van der Waals surface area contributed by atoms with Gasteiger partial charge in [0, 0.05) is 5.33 Å². The number of allylic oxidation sites excluding steroid dienone is 1. The Kier molecular flexibility index (Phi) is 3.71. The predicted octanol–water partition coefficient (Wildman–Crippen LogP) is 2.61. The molecule has 0 unspecified atom stereocenters. The molecule has 0 aromatic heterocycles. The van der Waals surface area contributed by atoms with Gasteiger partial charge in [-0.3, -0.25) is 4.79 Å². The van der Waals surface area contributed by atoms with Gasteiger partial charge in [-0.15, -0.1) is 0 Å². The summed E-state index contributed by atoms with van der Waals surface area (Å²) in [5, 5.41) is 10.1. The number of carbonyl (C=O) groups excluding carboxylic acids is 1. The molecular weight excluding hydrogens is 232 g/mol. The van der Waals surface area contributed by atoms with Crippen LogP contribution in [0.5, 0.6) is 5.75 Å². The van der Waals surface area contributed by atoms with Gasteiger partial charge in [-0.25, -0.2) is 0 Å². The number of hydrogen-bond acceptors (Lipinski definition) is 2. The first kappa shape index (κ1) is 9.99. The molecule has 68 valence electrons. The van der Waals surface area contributed by atoms with Crippen LogP contribution in [0.15, 0.2) is 24.3 Å². The summed E-state index contributed by atoms with van der Waals surface area (Å²) in [7, 11) is 0. The molecule has 0 fully saturated rings. The van der Waals surface area contributed by atoms with Crippen LogP contribution in [0.25, 0.3) is 6.08 Å². The molecular formula is C10H9BrO2. The van der Waals surface area contributed by atoms with E-state index in [1.165, 1.54) is 0 Å². The fraction of sp³-hybridized carbons (Fsp3) is 0.100. The Hall–Kier alpha value is -1.09. The van der Waals surface area contributed by atoms with E-state index in [0.29, 0.717) is 11.8 Å². The molecule has 0 bridgehead atoms. The number of alkyl halides is 1. The minimum absolute atomic E-state index is 0.0201. The highest BCUT2D eigenvalue weighted by Gasteiger charge is 1.98. The molecule has 1 aromatic carbocycles. The van der Waals surface area contributed by atoms with Crippen LogP contribution in [0.4, 0.5) is 0 Å². The molecule has 0 aliphatic rings. The highest BCUT2D eigenvalue weighted by molar-refractivity contribution is 9.09. The SMILES string of the molecule is O=Cc1ccc(C=CCBr)cc1O. The molecule has 0 saturated heterocycles. The Morgan fingerprint density at radius 1 is 1.46 bits per heavy atom. The Morgan fingerprint density at radius 3 is 2.77 bits per heavy atom. The zero-order valence-electron chi connectivity index (χ0n) is 6.90. The van der Waals surface area contributed by atoms with E-state index in [4.69, 9.17) is 0 Å². The van der Waals surface area contributed by atoms with Crippen molar-refractivity contribution in [2.24, 2.45) is 0 Å².